The summed E-state index contributed by atoms with van der Waals surface area (Å²) in [6, 6.07) is 9.96. The first-order chi connectivity index (χ1) is 13.7. The van der Waals surface area contributed by atoms with Crippen LogP contribution in [0.4, 0.5) is 0 Å². The van der Waals surface area contributed by atoms with Gasteiger partial charge in [-0.2, -0.15) is 4.40 Å². The summed E-state index contributed by atoms with van der Waals surface area (Å²) < 4.78 is 1.97. The average molecular weight is 373 g/mol. The molecule has 142 valence electrons. The number of pyridine rings is 2. The largest absolute Gasteiger partial charge is 0.351 e. The molecule has 0 radical (unpaired) electrons. The number of H-pyrrole nitrogens is 1. The molecule has 4 saturated carbocycles. The molecule has 3 heterocycles. The normalized spacial score (nSPS) is 30.6. The Labute approximate surface area is 164 Å². The van der Waals surface area contributed by atoms with Gasteiger partial charge in [0.2, 0.25) is 0 Å². The van der Waals surface area contributed by atoms with E-state index in [0.29, 0.717) is 5.82 Å². The number of aromatic nitrogens is 3. The third-order valence-electron chi connectivity index (χ3n) is 7.18. The third kappa shape index (κ3) is 2.49. The van der Waals surface area contributed by atoms with Crippen LogP contribution < -0.4 is 9.72 Å². The molecule has 3 aromatic heterocycles. The van der Waals surface area contributed by atoms with Crippen LogP contribution in [-0.2, 0) is 0 Å². The van der Waals surface area contributed by atoms with Crippen molar-refractivity contribution >= 4 is 11.4 Å². The lowest BCUT2D eigenvalue weighted by Gasteiger charge is -2.56. The molecular formula is C23H25N4O+. The number of nitrogens with one attached hydrogen (secondary N) is 2. The van der Waals surface area contributed by atoms with Gasteiger partial charge in [0, 0.05) is 23.5 Å². The standard InChI is InChI=1S/C23H24N4O/c28-22(26-23-11-15-8-16(12-23)10-17(9-15)13-23)21-25-20(18-4-3-6-24-14-18)19-5-1-2-7-27(19)21/h1-7,14-17H,8-13H2,(H,26,28)/p+1. The Balaban J connectivity index is 1.38. The van der Waals surface area contributed by atoms with Gasteiger partial charge in [-0.05, 0) is 80.5 Å². The quantitative estimate of drug-likeness (QED) is 0.690. The highest BCUT2D eigenvalue weighted by Crippen LogP contribution is 2.55. The summed E-state index contributed by atoms with van der Waals surface area (Å²) in [6.45, 7) is 0. The third-order valence-corrected chi connectivity index (χ3v) is 7.18. The fourth-order valence-electron chi connectivity index (χ4n) is 6.55. The Bertz CT molecular complexity index is 1020. The van der Waals surface area contributed by atoms with Gasteiger partial charge >= 0.3 is 11.7 Å². The van der Waals surface area contributed by atoms with E-state index in [0.717, 1.165) is 53.8 Å². The van der Waals surface area contributed by atoms with Crippen LogP contribution in [0.5, 0.6) is 0 Å². The molecular weight excluding hydrogens is 348 g/mol. The van der Waals surface area contributed by atoms with Gasteiger partial charge in [0.1, 0.15) is 0 Å². The number of amides is 1. The summed E-state index contributed by atoms with van der Waals surface area (Å²) in [7, 11) is 0. The fraction of sp³-hybridized carbons (Fsp3) is 0.435. The second-order valence-electron chi connectivity index (χ2n) is 9.20. The summed E-state index contributed by atoms with van der Waals surface area (Å²) >= 11 is 0. The number of imidazole rings is 1. The molecule has 4 aliphatic carbocycles. The van der Waals surface area contributed by atoms with Crippen molar-refractivity contribution in [2.45, 2.75) is 44.1 Å². The highest BCUT2D eigenvalue weighted by molar-refractivity contribution is 5.92. The molecule has 7 rings (SSSR count). The minimum Gasteiger partial charge on any atom is -0.340 e. The van der Waals surface area contributed by atoms with Crippen LogP contribution in [0.15, 0.2) is 48.9 Å². The zero-order chi connectivity index (χ0) is 18.7. The Hall–Kier alpha value is -2.69. The Morgan fingerprint density at radius 3 is 2.50 bits per heavy atom. The SMILES string of the molecule is O=C(NC12CC3CC(CC(C3)C1)C2)c1[nH]c(-c2cccnc2)c2cccc[n+]12. The van der Waals surface area contributed by atoms with Gasteiger partial charge in [0.15, 0.2) is 11.2 Å². The van der Waals surface area contributed by atoms with Crippen LogP contribution in [-0.4, -0.2) is 21.4 Å². The highest BCUT2D eigenvalue weighted by atomic mass is 16.2. The number of rotatable bonds is 3. The van der Waals surface area contributed by atoms with E-state index in [1.54, 1.807) is 6.20 Å². The lowest BCUT2D eigenvalue weighted by atomic mass is 9.53. The van der Waals surface area contributed by atoms with Crippen LogP contribution in [0, 0.1) is 17.8 Å². The number of carbonyl (C=O) groups is 1. The first-order valence-electron chi connectivity index (χ1n) is 10.4. The minimum atomic E-state index is 0.00702. The van der Waals surface area contributed by atoms with Gasteiger partial charge in [0.25, 0.3) is 0 Å². The number of fused-ring (bicyclic) bond motifs is 1. The molecule has 2 N–H and O–H groups in total. The fourth-order valence-corrected chi connectivity index (χ4v) is 6.55. The van der Waals surface area contributed by atoms with Gasteiger partial charge in [-0.15, -0.1) is 0 Å². The minimum absolute atomic E-state index is 0.00702. The predicted molar refractivity (Wildman–Crippen MR) is 106 cm³/mol. The van der Waals surface area contributed by atoms with Crippen LogP contribution in [0.1, 0.15) is 49.1 Å². The predicted octanol–water partition coefficient (Wildman–Crippen LogP) is 3.51. The summed E-state index contributed by atoms with van der Waals surface area (Å²) in [5, 5.41) is 3.49. The number of aromatic amines is 1. The van der Waals surface area contributed by atoms with Gasteiger partial charge in [-0.1, -0.05) is 6.07 Å². The van der Waals surface area contributed by atoms with Gasteiger partial charge in [-0.3, -0.25) is 9.78 Å². The number of hydrogen-bond acceptors (Lipinski definition) is 2. The van der Waals surface area contributed by atoms with Crippen molar-refractivity contribution < 1.29 is 9.20 Å². The summed E-state index contributed by atoms with van der Waals surface area (Å²) in [4.78, 5) is 21.0. The van der Waals surface area contributed by atoms with Gasteiger partial charge in [-0.25, -0.2) is 4.98 Å². The van der Waals surface area contributed by atoms with Crippen LogP contribution >= 0.6 is 0 Å². The molecule has 0 atom stereocenters. The molecule has 4 fully saturated rings. The van der Waals surface area contributed by atoms with Crippen molar-refractivity contribution in [1.82, 2.24) is 15.3 Å². The monoisotopic (exact) mass is 373 g/mol. The van der Waals surface area contributed by atoms with E-state index in [-0.39, 0.29) is 11.4 Å². The second kappa shape index (κ2) is 5.90. The molecule has 0 aromatic carbocycles. The number of hydrogen-bond donors (Lipinski definition) is 2. The number of nitrogens with zero attached hydrogens (tertiary/aromatic N) is 2. The zero-order valence-corrected chi connectivity index (χ0v) is 15.9. The van der Waals surface area contributed by atoms with Crippen molar-refractivity contribution in [2.75, 3.05) is 0 Å². The molecule has 0 aliphatic heterocycles. The van der Waals surface area contributed by atoms with E-state index in [1.807, 2.05) is 47.1 Å². The summed E-state index contributed by atoms with van der Waals surface area (Å²) in [5.41, 5.74) is 2.92. The molecule has 5 nitrogen and oxygen atoms in total. The van der Waals surface area contributed by atoms with Gasteiger partial charge in [0.05, 0.1) is 6.20 Å². The summed E-state index contributed by atoms with van der Waals surface area (Å²) in [5.74, 6) is 3.05. The lowest BCUT2D eigenvalue weighted by molar-refractivity contribution is -0.514. The first-order valence-corrected chi connectivity index (χ1v) is 10.4. The van der Waals surface area contributed by atoms with E-state index >= 15 is 0 Å². The molecule has 28 heavy (non-hydrogen) atoms. The molecule has 3 aromatic rings. The van der Waals surface area contributed by atoms with E-state index in [9.17, 15) is 4.79 Å². The van der Waals surface area contributed by atoms with E-state index in [1.165, 1.54) is 19.3 Å². The van der Waals surface area contributed by atoms with Crippen molar-refractivity contribution in [3.8, 4) is 11.3 Å². The van der Waals surface area contributed by atoms with Crippen molar-refractivity contribution in [2.24, 2.45) is 17.8 Å². The average Bonchev–Trinajstić information content (AvgIpc) is 3.07. The van der Waals surface area contributed by atoms with Crippen LogP contribution in [0.3, 0.4) is 0 Å². The molecule has 0 saturated heterocycles. The molecule has 4 aliphatic rings. The lowest BCUT2D eigenvalue weighted by Crippen LogP contribution is -2.60. The van der Waals surface area contributed by atoms with E-state index in [2.05, 4.69) is 15.3 Å². The highest BCUT2D eigenvalue weighted by Gasteiger charge is 2.52. The molecule has 4 bridgehead atoms. The molecule has 5 heteroatoms. The maximum atomic E-state index is 13.4. The van der Waals surface area contributed by atoms with Crippen LogP contribution in [0.25, 0.3) is 16.8 Å². The topological polar surface area (TPSA) is 61.9 Å². The maximum absolute atomic E-state index is 13.4. The number of carbonyl (C=O) groups excluding carboxylic acids is 1. The smallest absolute Gasteiger partial charge is 0.340 e. The van der Waals surface area contributed by atoms with Crippen molar-refractivity contribution in [3.63, 3.8) is 0 Å². The molecule has 1 amide bonds. The molecule has 0 spiro atoms. The van der Waals surface area contributed by atoms with Gasteiger partial charge < -0.3 is 5.32 Å². The maximum Gasteiger partial charge on any atom is 0.351 e. The zero-order valence-electron chi connectivity index (χ0n) is 15.9. The second-order valence-corrected chi connectivity index (χ2v) is 9.20. The van der Waals surface area contributed by atoms with Crippen molar-refractivity contribution in [3.05, 3.63) is 54.7 Å². The Kier molecular flexibility index (Phi) is 3.43. The Morgan fingerprint density at radius 1 is 1.07 bits per heavy atom. The Morgan fingerprint density at radius 2 is 1.82 bits per heavy atom. The molecule has 0 unspecified atom stereocenters. The van der Waals surface area contributed by atoms with E-state index in [4.69, 9.17) is 0 Å². The van der Waals surface area contributed by atoms with E-state index < -0.39 is 0 Å². The van der Waals surface area contributed by atoms with Crippen LogP contribution in [0.2, 0.25) is 0 Å². The first kappa shape index (κ1) is 16.3. The van der Waals surface area contributed by atoms with Crippen molar-refractivity contribution in [1.29, 1.82) is 0 Å². The summed E-state index contributed by atoms with van der Waals surface area (Å²) in [6.07, 6.45) is 13.2.